The lowest BCUT2D eigenvalue weighted by molar-refractivity contribution is 0.257. The Balaban J connectivity index is 1.27. The largest absolute Gasteiger partial charge is 0.326 e. The Labute approximate surface area is 195 Å². The van der Waals surface area contributed by atoms with E-state index in [0.29, 0.717) is 18.2 Å². The van der Waals surface area contributed by atoms with Crippen LogP contribution in [-0.2, 0) is 6.42 Å². The molecule has 2 aliphatic rings. The third-order valence-corrected chi connectivity index (χ3v) is 7.46. The molecule has 4 heteroatoms. The van der Waals surface area contributed by atoms with Gasteiger partial charge in [0.1, 0.15) is 5.82 Å². The number of urea groups is 1. The van der Waals surface area contributed by atoms with Crippen LogP contribution in [0.5, 0.6) is 0 Å². The van der Waals surface area contributed by atoms with Crippen LogP contribution >= 0.6 is 0 Å². The minimum absolute atomic E-state index is 0.185. The molecular weight excluding hydrogens is 411 g/mol. The number of fused-ring (bicyclic) bond motifs is 1. The van der Waals surface area contributed by atoms with E-state index in [1.165, 1.54) is 66.5 Å². The van der Waals surface area contributed by atoms with Gasteiger partial charge in [-0.3, -0.25) is 4.90 Å². The van der Waals surface area contributed by atoms with Crippen molar-refractivity contribution in [2.24, 2.45) is 5.92 Å². The number of anilines is 2. The molecule has 3 aromatic carbocycles. The summed E-state index contributed by atoms with van der Waals surface area (Å²) in [6.45, 7) is 2.96. The van der Waals surface area contributed by atoms with Gasteiger partial charge in [-0.2, -0.15) is 0 Å². The van der Waals surface area contributed by atoms with Crippen LogP contribution in [0.15, 0.2) is 66.7 Å². The van der Waals surface area contributed by atoms with Crippen molar-refractivity contribution in [1.82, 2.24) is 0 Å². The van der Waals surface area contributed by atoms with Crippen molar-refractivity contribution in [3.8, 4) is 11.1 Å². The molecule has 1 saturated carbocycles. The zero-order valence-electron chi connectivity index (χ0n) is 19.2. The molecule has 0 unspecified atom stereocenters. The first-order chi connectivity index (χ1) is 16.1. The van der Waals surface area contributed by atoms with Crippen molar-refractivity contribution < 1.29 is 9.18 Å². The van der Waals surface area contributed by atoms with Gasteiger partial charge in [0.15, 0.2) is 0 Å². The third-order valence-electron chi connectivity index (χ3n) is 7.46. The predicted octanol–water partition coefficient (Wildman–Crippen LogP) is 7.77. The Bertz CT molecular complexity index is 1120. The molecule has 2 amide bonds. The van der Waals surface area contributed by atoms with Gasteiger partial charge in [0.05, 0.1) is 0 Å². The van der Waals surface area contributed by atoms with E-state index in [-0.39, 0.29) is 11.8 Å². The van der Waals surface area contributed by atoms with Crippen LogP contribution in [0, 0.1) is 11.7 Å². The van der Waals surface area contributed by atoms with E-state index in [4.69, 9.17) is 0 Å². The van der Waals surface area contributed by atoms with Gasteiger partial charge in [-0.1, -0.05) is 43.7 Å². The molecular formula is C29H31FN2O. The molecule has 3 aromatic rings. The first-order valence-corrected chi connectivity index (χ1v) is 12.2. The number of carbonyl (C=O) groups excluding carboxylic acids is 1. The van der Waals surface area contributed by atoms with Crippen molar-refractivity contribution in [2.75, 3.05) is 16.8 Å². The normalized spacial score (nSPS) is 19.9. The number of halogens is 1. The van der Waals surface area contributed by atoms with Gasteiger partial charge in [-0.05, 0) is 103 Å². The summed E-state index contributed by atoms with van der Waals surface area (Å²) in [7, 11) is 0. The van der Waals surface area contributed by atoms with Crippen molar-refractivity contribution in [3.05, 3.63) is 83.7 Å². The van der Waals surface area contributed by atoms with Gasteiger partial charge in [0, 0.05) is 17.9 Å². The van der Waals surface area contributed by atoms with Gasteiger partial charge in [0.25, 0.3) is 0 Å². The highest BCUT2D eigenvalue weighted by Gasteiger charge is 2.25. The van der Waals surface area contributed by atoms with Crippen LogP contribution in [-0.4, -0.2) is 12.6 Å². The fraction of sp³-hybridized carbons (Fsp3) is 0.345. The first-order valence-electron chi connectivity index (χ1n) is 12.2. The minimum atomic E-state index is -0.316. The Morgan fingerprint density at radius 2 is 1.64 bits per heavy atom. The Morgan fingerprint density at radius 3 is 2.33 bits per heavy atom. The number of benzene rings is 3. The molecule has 0 radical (unpaired) electrons. The van der Waals surface area contributed by atoms with Gasteiger partial charge >= 0.3 is 6.03 Å². The maximum Gasteiger partial charge on any atom is 0.326 e. The Hall–Kier alpha value is -3.14. The lowest BCUT2D eigenvalue weighted by Crippen LogP contribution is -2.33. The fourth-order valence-corrected chi connectivity index (χ4v) is 5.37. The van der Waals surface area contributed by atoms with E-state index in [2.05, 4.69) is 48.6 Å². The molecule has 0 bridgehead atoms. The molecule has 1 fully saturated rings. The first kappa shape index (κ1) is 21.7. The van der Waals surface area contributed by atoms with Crippen LogP contribution < -0.4 is 10.2 Å². The van der Waals surface area contributed by atoms with E-state index < -0.39 is 0 Å². The average molecular weight is 443 g/mol. The average Bonchev–Trinajstić information content (AvgIpc) is 3.29. The van der Waals surface area contributed by atoms with E-state index in [9.17, 15) is 9.18 Å². The fourth-order valence-electron chi connectivity index (χ4n) is 5.37. The summed E-state index contributed by atoms with van der Waals surface area (Å²) in [5.41, 5.74) is 6.60. The number of hydrogen-bond donors (Lipinski definition) is 1. The second kappa shape index (κ2) is 9.38. The van der Waals surface area contributed by atoms with E-state index in [1.54, 1.807) is 17.0 Å². The van der Waals surface area contributed by atoms with Crippen LogP contribution in [0.2, 0.25) is 0 Å². The third kappa shape index (κ3) is 4.66. The van der Waals surface area contributed by atoms with Crippen LogP contribution in [0.25, 0.3) is 11.1 Å². The van der Waals surface area contributed by atoms with Gasteiger partial charge in [-0.25, -0.2) is 9.18 Å². The molecule has 0 saturated heterocycles. The van der Waals surface area contributed by atoms with Crippen molar-refractivity contribution in [3.63, 3.8) is 0 Å². The van der Waals surface area contributed by atoms with E-state index in [0.717, 1.165) is 18.0 Å². The summed E-state index contributed by atoms with van der Waals surface area (Å²) in [5.74, 6) is 1.31. The molecule has 1 aliphatic carbocycles. The van der Waals surface area contributed by atoms with Gasteiger partial charge < -0.3 is 5.32 Å². The molecule has 33 heavy (non-hydrogen) atoms. The number of hydrogen-bond acceptors (Lipinski definition) is 1. The number of carbonyl (C=O) groups is 1. The van der Waals surface area contributed by atoms with Gasteiger partial charge in [0.2, 0.25) is 0 Å². The summed E-state index contributed by atoms with van der Waals surface area (Å²) in [6.07, 6.45) is 7.49. The number of rotatable bonds is 4. The van der Waals surface area contributed by atoms with Crippen molar-refractivity contribution >= 4 is 17.4 Å². The quantitative estimate of drug-likeness (QED) is 0.440. The monoisotopic (exact) mass is 442 g/mol. The van der Waals surface area contributed by atoms with Crippen molar-refractivity contribution in [2.45, 2.75) is 51.4 Å². The number of nitrogens with one attached hydrogen (secondary N) is 1. The van der Waals surface area contributed by atoms with E-state index >= 15 is 0 Å². The summed E-state index contributed by atoms with van der Waals surface area (Å²) < 4.78 is 13.1. The number of amides is 2. The second-order valence-electron chi connectivity index (χ2n) is 9.43. The predicted molar refractivity (Wildman–Crippen MR) is 133 cm³/mol. The van der Waals surface area contributed by atoms with Crippen molar-refractivity contribution in [1.29, 1.82) is 0 Å². The highest BCUT2D eigenvalue weighted by atomic mass is 19.1. The molecule has 0 aromatic heterocycles. The molecule has 1 heterocycles. The number of nitrogens with zero attached hydrogens (tertiary/aromatic N) is 1. The molecule has 1 aliphatic heterocycles. The zero-order valence-corrected chi connectivity index (χ0v) is 19.2. The molecule has 0 atom stereocenters. The molecule has 170 valence electrons. The van der Waals surface area contributed by atoms with Crippen LogP contribution in [0.3, 0.4) is 0 Å². The van der Waals surface area contributed by atoms with Gasteiger partial charge in [-0.15, -0.1) is 0 Å². The maximum atomic E-state index is 13.1. The molecule has 0 spiro atoms. The van der Waals surface area contributed by atoms with Crippen LogP contribution in [0.4, 0.5) is 20.6 Å². The lowest BCUT2D eigenvalue weighted by atomic mass is 9.77. The molecule has 1 N–H and O–H groups in total. The SMILES string of the molecule is CCC1CCC(c2ccc(-c3ccc4c(c3)CCN4C(=O)Nc3ccc(F)cc3)cc2)CC1. The Morgan fingerprint density at radius 1 is 0.939 bits per heavy atom. The second-order valence-corrected chi connectivity index (χ2v) is 9.43. The highest BCUT2D eigenvalue weighted by Crippen LogP contribution is 2.38. The molecule has 5 rings (SSSR count). The minimum Gasteiger partial charge on any atom is -0.308 e. The topological polar surface area (TPSA) is 32.3 Å². The summed E-state index contributed by atoms with van der Waals surface area (Å²) >= 11 is 0. The highest BCUT2D eigenvalue weighted by molar-refractivity contribution is 6.03. The lowest BCUT2D eigenvalue weighted by Gasteiger charge is -2.28. The smallest absolute Gasteiger partial charge is 0.308 e. The summed E-state index contributed by atoms with van der Waals surface area (Å²) in [4.78, 5) is 14.5. The Kier molecular flexibility index (Phi) is 6.17. The maximum absolute atomic E-state index is 13.1. The van der Waals surface area contributed by atoms with E-state index in [1.807, 2.05) is 6.07 Å². The standard InChI is InChI=1S/C29H31FN2O/c1-2-20-3-5-21(6-4-20)22-7-9-23(10-8-22)24-11-16-28-25(19-24)17-18-32(28)29(33)31-27-14-12-26(30)13-15-27/h7-16,19-21H,2-6,17-18H2,1H3,(H,31,33). The summed E-state index contributed by atoms with van der Waals surface area (Å²) in [6, 6.07) is 21.1. The zero-order chi connectivity index (χ0) is 22.8. The molecule has 3 nitrogen and oxygen atoms in total. The van der Waals surface area contributed by atoms with Crippen LogP contribution in [0.1, 0.15) is 56.1 Å². The summed E-state index contributed by atoms with van der Waals surface area (Å²) in [5, 5.41) is 2.86.